The number of benzene rings is 1. The number of rotatable bonds is 4. The molecule has 1 aliphatic carbocycles. The molecule has 0 aromatic heterocycles. The van der Waals surface area contributed by atoms with Crippen LogP contribution in [0.5, 0.6) is 5.75 Å². The first-order chi connectivity index (χ1) is 12.8. The van der Waals surface area contributed by atoms with Crippen molar-refractivity contribution in [2.75, 3.05) is 6.61 Å². The molecule has 1 saturated heterocycles. The van der Waals surface area contributed by atoms with Gasteiger partial charge in [-0.25, -0.2) is 4.79 Å². The first-order valence-electron chi connectivity index (χ1n) is 8.63. The number of hydrazine groups is 1. The van der Waals surface area contributed by atoms with E-state index < -0.39 is 30.0 Å². The Hall–Kier alpha value is -2.79. The summed E-state index contributed by atoms with van der Waals surface area (Å²) in [6.45, 7) is 1.67. The minimum atomic E-state index is -0.922. The predicted octanol–water partition coefficient (Wildman–Crippen LogP) is 2.12. The number of hydrogen-bond acceptors (Lipinski definition) is 5. The molecule has 8 nitrogen and oxygen atoms in total. The van der Waals surface area contributed by atoms with E-state index in [2.05, 4.69) is 17.7 Å². The standard InChI is InChI=1S/C18H19ClN4O4/c1-11-4-6-18(7-5-11)16(25)23(17(26)21-18)22-15(24)10-27-14-3-2-12(9-20)8-13(14)19/h2-3,8,11H,4-7,10H2,1H3,(H,21,26)(H,22,24). The summed E-state index contributed by atoms with van der Waals surface area (Å²) in [5, 5.41) is 12.4. The Morgan fingerprint density at radius 3 is 2.78 bits per heavy atom. The SMILES string of the molecule is CC1CCC2(CC1)NC(=O)N(NC(=O)COc1ccc(C#N)cc1Cl)C2=O. The lowest BCUT2D eigenvalue weighted by Gasteiger charge is -2.33. The van der Waals surface area contributed by atoms with Crippen molar-refractivity contribution >= 4 is 29.4 Å². The highest BCUT2D eigenvalue weighted by atomic mass is 35.5. The third-order valence-corrected chi connectivity index (χ3v) is 5.24. The van der Waals surface area contributed by atoms with Gasteiger partial charge in [-0.2, -0.15) is 10.3 Å². The number of imide groups is 1. The van der Waals surface area contributed by atoms with E-state index in [1.165, 1.54) is 18.2 Å². The van der Waals surface area contributed by atoms with Gasteiger partial charge < -0.3 is 10.1 Å². The number of ether oxygens (including phenoxy) is 1. The van der Waals surface area contributed by atoms with Gasteiger partial charge >= 0.3 is 6.03 Å². The van der Waals surface area contributed by atoms with Gasteiger partial charge in [0.2, 0.25) is 0 Å². The molecule has 0 bridgehead atoms. The lowest BCUT2D eigenvalue weighted by molar-refractivity contribution is -0.140. The van der Waals surface area contributed by atoms with E-state index in [9.17, 15) is 14.4 Å². The number of nitriles is 1. The van der Waals surface area contributed by atoms with Crippen LogP contribution in [0.4, 0.5) is 4.79 Å². The molecular weight excluding hydrogens is 372 g/mol. The molecule has 3 rings (SSSR count). The molecule has 2 N–H and O–H groups in total. The number of nitrogens with zero attached hydrogens (tertiary/aromatic N) is 2. The molecule has 1 spiro atoms. The number of carbonyl (C=O) groups is 3. The van der Waals surface area contributed by atoms with Gasteiger partial charge in [0.15, 0.2) is 6.61 Å². The fraction of sp³-hybridized carbons (Fsp3) is 0.444. The van der Waals surface area contributed by atoms with Crippen LogP contribution < -0.4 is 15.5 Å². The number of amides is 4. The largest absolute Gasteiger partial charge is 0.482 e. The molecule has 0 radical (unpaired) electrons. The number of urea groups is 1. The number of nitrogens with one attached hydrogen (secondary N) is 2. The van der Waals surface area contributed by atoms with Crippen LogP contribution in [-0.4, -0.2) is 35.0 Å². The van der Waals surface area contributed by atoms with Gasteiger partial charge in [0, 0.05) is 0 Å². The molecule has 1 aliphatic heterocycles. The molecule has 1 aromatic rings. The van der Waals surface area contributed by atoms with Gasteiger partial charge in [-0.15, -0.1) is 0 Å². The second kappa shape index (κ2) is 7.45. The number of carbonyl (C=O) groups excluding carboxylic acids is 3. The normalized spacial score (nSPS) is 24.5. The maximum Gasteiger partial charge on any atom is 0.344 e. The van der Waals surface area contributed by atoms with Crippen molar-refractivity contribution in [3.05, 3.63) is 28.8 Å². The summed E-state index contributed by atoms with van der Waals surface area (Å²) in [5.74, 6) is -0.375. The van der Waals surface area contributed by atoms with Gasteiger partial charge in [-0.05, 0) is 49.8 Å². The Morgan fingerprint density at radius 1 is 1.44 bits per heavy atom. The maximum atomic E-state index is 12.7. The van der Waals surface area contributed by atoms with E-state index in [1.807, 2.05) is 6.07 Å². The minimum Gasteiger partial charge on any atom is -0.482 e. The van der Waals surface area contributed by atoms with Crippen molar-refractivity contribution < 1.29 is 19.1 Å². The number of halogens is 1. The first kappa shape index (κ1) is 19.0. The zero-order valence-corrected chi connectivity index (χ0v) is 15.5. The van der Waals surface area contributed by atoms with Gasteiger partial charge in [0.1, 0.15) is 11.3 Å². The molecular formula is C18H19ClN4O4. The lowest BCUT2D eigenvalue weighted by atomic mass is 9.77. The molecule has 1 heterocycles. The van der Waals surface area contributed by atoms with Gasteiger partial charge in [0.05, 0.1) is 16.7 Å². The van der Waals surface area contributed by atoms with Crippen LogP contribution in [0.3, 0.4) is 0 Å². The quantitative estimate of drug-likeness (QED) is 0.765. The van der Waals surface area contributed by atoms with Crippen LogP contribution in [-0.2, 0) is 9.59 Å². The zero-order chi connectivity index (χ0) is 19.6. The third-order valence-electron chi connectivity index (χ3n) is 4.95. The highest BCUT2D eigenvalue weighted by Crippen LogP contribution is 2.35. The molecule has 2 aliphatic rings. The van der Waals surface area contributed by atoms with Crippen molar-refractivity contribution in [1.29, 1.82) is 5.26 Å². The Kier molecular flexibility index (Phi) is 5.24. The summed E-state index contributed by atoms with van der Waals surface area (Å²) in [7, 11) is 0. The molecule has 1 aromatic carbocycles. The topological polar surface area (TPSA) is 112 Å². The van der Waals surface area contributed by atoms with Crippen LogP contribution in [0.2, 0.25) is 5.02 Å². The van der Waals surface area contributed by atoms with E-state index in [0.29, 0.717) is 24.3 Å². The average molecular weight is 391 g/mol. The van der Waals surface area contributed by atoms with E-state index >= 15 is 0 Å². The predicted molar refractivity (Wildman–Crippen MR) is 95.5 cm³/mol. The van der Waals surface area contributed by atoms with Gasteiger partial charge in [-0.3, -0.25) is 15.0 Å². The fourth-order valence-electron chi connectivity index (χ4n) is 3.30. The summed E-state index contributed by atoms with van der Waals surface area (Å²) >= 11 is 5.98. The highest BCUT2D eigenvalue weighted by molar-refractivity contribution is 6.32. The van der Waals surface area contributed by atoms with Crippen molar-refractivity contribution in [3.8, 4) is 11.8 Å². The summed E-state index contributed by atoms with van der Waals surface area (Å²) < 4.78 is 5.31. The monoisotopic (exact) mass is 390 g/mol. The Morgan fingerprint density at radius 2 is 2.15 bits per heavy atom. The summed E-state index contributed by atoms with van der Waals surface area (Å²) in [6, 6.07) is 5.69. The molecule has 142 valence electrons. The minimum absolute atomic E-state index is 0.187. The van der Waals surface area contributed by atoms with Crippen LogP contribution in [0.25, 0.3) is 0 Å². The number of hydrogen-bond donors (Lipinski definition) is 2. The Balaban J connectivity index is 1.59. The van der Waals surface area contributed by atoms with Gasteiger partial charge in [0.25, 0.3) is 11.8 Å². The zero-order valence-electron chi connectivity index (χ0n) is 14.8. The molecule has 27 heavy (non-hydrogen) atoms. The van der Waals surface area contributed by atoms with Crippen LogP contribution in [0, 0.1) is 17.2 Å². The van der Waals surface area contributed by atoms with Crippen LogP contribution in [0.15, 0.2) is 18.2 Å². The van der Waals surface area contributed by atoms with E-state index in [1.54, 1.807) is 0 Å². The Bertz CT molecular complexity index is 827. The van der Waals surface area contributed by atoms with E-state index in [0.717, 1.165) is 17.9 Å². The van der Waals surface area contributed by atoms with E-state index in [-0.39, 0.29) is 10.8 Å². The second-order valence-corrected chi connectivity index (χ2v) is 7.32. The molecule has 0 unspecified atom stereocenters. The van der Waals surface area contributed by atoms with Crippen molar-refractivity contribution in [1.82, 2.24) is 15.8 Å². The fourth-order valence-corrected chi connectivity index (χ4v) is 3.54. The first-order valence-corrected chi connectivity index (χ1v) is 9.01. The van der Waals surface area contributed by atoms with Crippen molar-refractivity contribution in [3.63, 3.8) is 0 Å². The second-order valence-electron chi connectivity index (χ2n) is 6.92. The summed E-state index contributed by atoms with van der Waals surface area (Å²) in [4.78, 5) is 36.9. The molecule has 2 fully saturated rings. The highest BCUT2D eigenvalue weighted by Gasteiger charge is 2.52. The van der Waals surface area contributed by atoms with Crippen LogP contribution in [0.1, 0.15) is 38.2 Å². The molecule has 0 atom stereocenters. The van der Waals surface area contributed by atoms with Crippen molar-refractivity contribution in [2.24, 2.45) is 5.92 Å². The Labute approximate surface area is 161 Å². The smallest absolute Gasteiger partial charge is 0.344 e. The molecule has 4 amide bonds. The van der Waals surface area contributed by atoms with Crippen LogP contribution >= 0.6 is 11.6 Å². The maximum absolute atomic E-state index is 12.7. The van der Waals surface area contributed by atoms with Crippen molar-refractivity contribution in [2.45, 2.75) is 38.1 Å². The van der Waals surface area contributed by atoms with Gasteiger partial charge in [-0.1, -0.05) is 18.5 Å². The average Bonchev–Trinajstić information content (AvgIpc) is 2.87. The summed E-state index contributed by atoms with van der Waals surface area (Å²) in [6.07, 6.45) is 2.80. The van der Waals surface area contributed by atoms with E-state index in [4.69, 9.17) is 21.6 Å². The molecule has 1 saturated carbocycles. The molecule has 9 heteroatoms. The summed E-state index contributed by atoms with van der Waals surface area (Å²) in [5.41, 5.74) is 1.73. The lowest BCUT2D eigenvalue weighted by Crippen LogP contribution is -2.52. The third kappa shape index (κ3) is 3.83.